The molecule has 0 saturated carbocycles. The molecule has 1 aromatic carbocycles. The second-order valence-corrected chi connectivity index (χ2v) is 13.5. The maximum Gasteiger partial charge on any atom is 0.302 e. The first-order valence-corrected chi connectivity index (χ1v) is 14.5. The highest BCUT2D eigenvalue weighted by Gasteiger charge is 2.46. The van der Waals surface area contributed by atoms with Crippen molar-refractivity contribution in [3.05, 3.63) is 41.0 Å². The van der Waals surface area contributed by atoms with Gasteiger partial charge >= 0.3 is 5.97 Å². The number of thiazole rings is 1. The third kappa shape index (κ3) is 7.47. The van der Waals surface area contributed by atoms with Gasteiger partial charge in [-0.05, 0) is 30.4 Å². The minimum atomic E-state index is -0.870. The summed E-state index contributed by atoms with van der Waals surface area (Å²) in [5.74, 6) is -1.45. The van der Waals surface area contributed by atoms with Crippen LogP contribution in [-0.4, -0.2) is 58.3 Å². The molecule has 218 valence electrons. The van der Waals surface area contributed by atoms with Crippen LogP contribution in [0.25, 0.3) is 10.4 Å². The average Bonchev–Trinajstić information content (AvgIpc) is 3.46. The molecule has 10 heteroatoms. The summed E-state index contributed by atoms with van der Waals surface area (Å²) in [5, 5.41) is 5.94. The third-order valence-electron chi connectivity index (χ3n) is 7.03. The van der Waals surface area contributed by atoms with Gasteiger partial charge < -0.3 is 20.3 Å². The minimum Gasteiger partial charge on any atom is -0.461 e. The lowest BCUT2D eigenvalue weighted by Crippen LogP contribution is -2.59. The maximum absolute atomic E-state index is 13.9. The number of nitrogens with one attached hydrogen (secondary N) is 2. The van der Waals surface area contributed by atoms with Crippen molar-refractivity contribution in [2.24, 2.45) is 10.8 Å². The molecule has 2 N–H and O–H groups in total. The van der Waals surface area contributed by atoms with Crippen LogP contribution in [0.2, 0.25) is 0 Å². The Bertz CT molecular complexity index is 1240. The minimum absolute atomic E-state index is 0.0751. The number of carbonyl (C=O) groups is 4. The first-order chi connectivity index (χ1) is 18.5. The van der Waals surface area contributed by atoms with Crippen molar-refractivity contribution in [2.75, 3.05) is 6.54 Å². The smallest absolute Gasteiger partial charge is 0.302 e. The Balaban J connectivity index is 1.81. The van der Waals surface area contributed by atoms with Crippen LogP contribution in [0.4, 0.5) is 0 Å². The van der Waals surface area contributed by atoms with Crippen LogP contribution >= 0.6 is 11.3 Å². The highest BCUT2D eigenvalue weighted by atomic mass is 32.1. The number of likely N-dealkylation sites (tertiary alicyclic amines) is 1. The van der Waals surface area contributed by atoms with E-state index in [1.807, 2.05) is 64.4 Å². The van der Waals surface area contributed by atoms with Gasteiger partial charge in [0.15, 0.2) is 0 Å². The largest absolute Gasteiger partial charge is 0.461 e. The van der Waals surface area contributed by atoms with Crippen molar-refractivity contribution in [1.82, 2.24) is 20.5 Å². The van der Waals surface area contributed by atoms with Crippen LogP contribution in [0.5, 0.6) is 0 Å². The number of carbonyl (C=O) groups excluding carboxylic acids is 4. The number of amides is 3. The molecule has 40 heavy (non-hydrogen) atoms. The number of esters is 1. The first-order valence-electron chi connectivity index (χ1n) is 13.6. The molecule has 2 aromatic rings. The molecule has 0 unspecified atom stereocenters. The van der Waals surface area contributed by atoms with Gasteiger partial charge in [0.05, 0.1) is 28.7 Å². The lowest BCUT2D eigenvalue weighted by Gasteiger charge is -2.36. The molecule has 3 rings (SSSR count). The van der Waals surface area contributed by atoms with E-state index < -0.39 is 35.0 Å². The molecule has 0 radical (unpaired) electrons. The highest BCUT2D eigenvalue weighted by molar-refractivity contribution is 7.13. The Labute approximate surface area is 241 Å². The highest BCUT2D eigenvalue weighted by Crippen LogP contribution is 2.30. The fraction of sp³-hybridized carbons (Fsp3) is 0.567. The zero-order chi connectivity index (χ0) is 30.0. The Morgan fingerprint density at radius 2 is 1.68 bits per heavy atom. The van der Waals surface area contributed by atoms with Gasteiger partial charge in [0, 0.05) is 18.8 Å². The standard InChI is InChI=1S/C30H42N4O5S/c1-17(20-10-12-21(13-11-20)24-18(2)31-16-40-24)32-26(36)23-14-22(39-19(3)35)15-34(23)27(37)25(29(4,5)6)33-28(38)30(7,8)9/h10-13,16-17,22-23,25H,14-15H2,1-9H3,(H,32,36)(H,33,38)/t17-,22+,23-,25+/m0/s1. The Kier molecular flexibility index (Phi) is 9.44. The molecule has 1 saturated heterocycles. The van der Waals surface area contributed by atoms with Crippen LogP contribution in [0.1, 0.15) is 79.1 Å². The fourth-order valence-electron chi connectivity index (χ4n) is 4.67. The zero-order valence-electron chi connectivity index (χ0n) is 25.0. The molecule has 2 heterocycles. The van der Waals surface area contributed by atoms with E-state index >= 15 is 0 Å². The molecule has 1 aliphatic rings. The van der Waals surface area contributed by atoms with E-state index in [0.717, 1.165) is 21.7 Å². The molecule has 0 aliphatic carbocycles. The van der Waals surface area contributed by atoms with Gasteiger partial charge in [-0.2, -0.15) is 0 Å². The van der Waals surface area contributed by atoms with Gasteiger partial charge in [-0.1, -0.05) is 65.8 Å². The number of aromatic nitrogens is 1. The molecule has 1 fully saturated rings. The Morgan fingerprint density at radius 3 is 2.17 bits per heavy atom. The van der Waals surface area contributed by atoms with Crippen molar-refractivity contribution in [1.29, 1.82) is 0 Å². The Morgan fingerprint density at radius 1 is 1.05 bits per heavy atom. The lowest BCUT2D eigenvalue weighted by molar-refractivity contribution is -0.147. The molecule has 9 nitrogen and oxygen atoms in total. The summed E-state index contributed by atoms with van der Waals surface area (Å²) in [5.41, 5.74) is 3.44. The topological polar surface area (TPSA) is 118 Å². The number of aryl methyl sites for hydroxylation is 1. The molecule has 3 amide bonds. The number of nitrogens with zero attached hydrogens (tertiary/aromatic N) is 2. The number of rotatable bonds is 7. The van der Waals surface area contributed by atoms with Crippen LogP contribution in [0.15, 0.2) is 29.8 Å². The van der Waals surface area contributed by atoms with Crippen LogP contribution in [0, 0.1) is 17.8 Å². The van der Waals surface area contributed by atoms with Gasteiger partial charge in [0.1, 0.15) is 18.2 Å². The van der Waals surface area contributed by atoms with Gasteiger partial charge in [-0.15, -0.1) is 11.3 Å². The number of benzene rings is 1. The lowest BCUT2D eigenvalue weighted by atomic mass is 9.84. The molecular weight excluding hydrogens is 528 g/mol. The molecule has 0 bridgehead atoms. The SMILES string of the molecule is CC(=O)O[C@@H]1C[C@@H](C(=O)N[C@@H](C)c2ccc(-c3scnc3C)cc2)N(C(=O)[C@@H](NC(=O)C(C)(C)C)C(C)(C)C)C1. The van der Waals surface area contributed by atoms with Crippen molar-refractivity contribution in [2.45, 2.75) is 93.0 Å². The van der Waals surface area contributed by atoms with E-state index in [-0.39, 0.29) is 36.7 Å². The third-order valence-corrected chi connectivity index (χ3v) is 8.01. The van der Waals surface area contributed by atoms with Crippen LogP contribution < -0.4 is 10.6 Å². The predicted molar refractivity (Wildman–Crippen MR) is 155 cm³/mol. The molecule has 1 aliphatic heterocycles. The van der Waals surface area contributed by atoms with Gasteiger partial charge in [0.25, 0.3) is 0 Å². The van der Waals surface area contributed by atoms with Crippen LogP contribution in [0.3, 0.4) is 0 Å². The monoisotopic (exact) mass is 570 g/mol. The fourth-order valence-corrected chi connectivity index (χ4v) is 5.48. The summed E-state index contributed by atoms with van der Waals surface area (Å²) in [6.07, 6.45) is -0.439. The average molecular weight is 571 g/mol. The first kappa shape index (κ1) is 31.3. The van der Waals surface area contributed by atoms with Gasteiger partial charge in [0.2, 0.25) is 17.7 Å². The Hall–Kier alpha value is -3.27. The van der Waals surface area contributed by atoms with Crippen LogP contribution in [-0.2, 0) is 23.9 Å². The number of hydrogen-bond acceptors (Lipinski definition) is 7. The van der Waals surface area contributed by atoms with E-state index in [0.29, 0.717) is 0 Å². The van der Waals surface area contributed by atoms with Crippen molar-refractivity contribution >= 4 is 35.0 Å². The number of ether oxygens (including phenoxy) is 1. The maximum atomic E-state index is 13.9. The van der Waals surface area contributed by atoms with E-state index in [1.54, 1.807) is 32.1 Å². The molecule has 1 aromatic heterocycles. The summed E-state index contributed by atoms with van der Waals surface area (Å²) in [7, 11) is 0. The summed E-state index contributed by atoms with van der Waals surface area (Å²) >= 11 is 1.58. The van der Waals surface area contributed by atoms with E-state index in [9.17, 15) is 19.2 Å². The van der Waals surface area contributed by atoms with E-state index in [4.69, 9.17) is 4.74 Å². The normalized spacial score (nSPS) is 19.1. The summed E-state index contributed by atoms with van der Waals surface area (Å²) < 4.78 is 5.42. The summed E-state index contributed by atoms with van der Waals surface area (Å²) in [6, 6.07) is 5.90. The summed E-state index contributed by atoms with van der Waals surface area (Å²) in [6.45, 7) is 16.2. The second kappa shape index (κ2) is 12.1. The quantitative estimate of drug-likeness (QED) is 0.477. The van der Waals surface area contributed by atoms with Gasteiger partial charge in [-0.3, -0.25) is 19.2 Å². The van der Waals surface area contributed by atoms with E-state index in [1.165, 1.54) is 11.8 Å². The van der Waals surface area contributed by atoms with Crippen molar-refractivity contribution in [3.63, 3.8) is 0 Å². The number of hydrogen-bond donors (Lipinski definition) is 2. The summed E-state index contributed by atoms with van der Waals surface area (Å²) in [4.78, 5) is 58.9. The van der Waals surface area contributed by atoms with Gasteiger partial charge in [-0.25, -0.2) is 4.98 Å². The predicted octanol–water partition coefficient (Wildman–Crippen LogP) is 4.41. The zero-order valence-corrected chi connectivity index (χ0v) is 25.8. The second-order valence-electron chi connectivity index (χ2n) is 12.6. The van der Waals surface area contributed by atoms with Crippen molar-refractivity contribution in [3.8, 4) is 10.4 Å². The molecule has 4 atom stereocenters. The van der Waals surface area contributed by atoms with E-state index in [2.05, 4.69) is 15.6 Å². The molecular formula is C30H42N4O5S. The van der Waals surface area contributed by atoms with Crippen molar-refractivity contribution < 1.29 is 23.9 Å². The molecule has 0 spiro atoms.